The van der Waals surface area contributed by atoms with Crippen molar-refractivity contribution in [3.05, 3.63) is 46.3 Å². The van der Waals surface area contributed by atoms with Gasteiger partial charge < -0.3 is 10.0 Å². The van der Waals surface area contributed by atoms with E-state index in [0.717, 1.165) is 12.8 Å². The lowest BCUT2D eigenvalue weighted by atomic mass is 10.0. The first-order valence-electron chi connectivity index (χ1n) is 7.68. The van der Waals surface area contributed by atoms with Gasteiger partial charge in [0.1, 0.15) is 6.04 Å². The van der Waals surface area contributed by atoms with Gasteiger partial charge in [0.2, 0.25) is 0 Å². The van der Waals surface area contributed by atoms with Gasteiger partial charge in [-0.15, -0.1) is 5.10 Å². The molecule has 130 valence electrons. The molecule has 10 nitrogen and oxygen atoms in total. The number of likely N-dealkylation sites (tertiary alicyclic amines) is 1. The zero-order valence-electron chi connectivity index (χ0n) is 13.1. The Hall–Kier alpha value is -3.30. The summed E-state index contributed by atoms with van der Waals surface area (Å²) in [5, 5.41) is 27.7. The second kappa shape index (κ2) is 6.67. The summed E-state index contributed by atoms with van der Waals surface area (Å²) in [6.45, 7) is 0.347. The number of carbonyl (C=O) groups is 2. The Kier molecular flexibility index (Phi) is 4.42. The number of hydrogen-bond acceptors (Lipinski definition) is 6. The molecule has 2 aromatic rings. The predicted molar refractivity (Wildman–Crippen MR) is 84.3 cm³/mol. The lowest BCUT2D eigenvalue weighted by Gasteiger charge is -2.32. The SMILES string of the molecule is O=C(O)[C@H]1CCCCN1C(=O)c1cn(-c2cccc([N+](=O)[O-])c2)nn1. The van der Waals surface area contributed by atoms with Crippen LogP contribution < -0.4 is 0 Å². The molecule has 0 saturated carbocycles. The summed E-state index contributed by atoms with van der Waals surface area (Å²) in [7, 11) is 0. The largest absolute Gasteiger partial charge is 0.480 e. The van der Waals surface area contributed by atoms with E-state index in [0.29, 0.717) is 18.7 Å². The van der Waals surface area contributed by atoms with Gasteiger partial charge in [-0.3, -0.25) is 14.9 Å². The van der Waals surface area contributed by atoms with Crippen LogP contribution in [0, 0.1) is 10.1 Å². The van der Waals surface area contributed by atoms with Gasteiger partial charge in [-0.1, -0.05) is 11.3 Å². The fourth-order valence-electron chi connectivity index (χ4n) is 2.82. The van der Waals surface area contributed by atoms with Crippen molar-refractivity contribution < 1.29 is 19.6 Å². The van der Waals surface area contributed by atoms with E-state index in [4.69, 9.17) is 0 Å². The summed E-state index contributed by atoms with van der Waals surface area (Å²) in [6, 6.07) is 4.88. The molecule has 25 heavy (non-hydrogen) atoms. The van der Waals surface area contributed by atoms with E-state index in [-0.39, 0.29) is 11.4 Å². The third kappa shape index (κ3) is 3.32. The lowest BCUT2D eigenvalue weighted by Crippen LogP contribution is -2.48. The van der Waals surface area contributed by atoms with Gasteiger partial charge in [0.05, 0.1) is 16.8 Å². The molecule has 1 aliphatic rings. The maximum Gasteiger partial charge on any atom is 0.326 e. The molecule has 0 aliphatic carbocycles. The standard InChI is InChI=1S/C15H15N5O5/c21-14(18-7-2-1-6-13(18)15(22)23)12-9-19(17-16-12)10-4-3-5-11(8-10)20(24)25/h3-5,8-9,13H,1-2,6-7H2,(H,22,23)/t13-/m1/s1. The molecule has 3 rings (SSSR count). The summed E-state index contributed by atoms with van der Waals surface area (Å²) in [5.41, 5.74) is 0.275. The molecule has 2 heterocycles. The van der Waals surface area contributed by atoms with Crippen molar-refractivity contribution in [3.8, 4) is 5.69 Å². The highest BCUT2D eigenvalue weighted by Gasteiger charge is 2.33. The molecule has 1 aromatic heterocycles. The molecule has 1 amide bonds. The first-order chi connectivity index (χ1) is 12.0. The molecule has 1 N–H and O–H groups in total. The molecule has 10 heteroatoms. The second-order valence-electron chi connectivity index (χ2n) is 5.67. The van der Waals surface area contributed by atoms with Gasteiger partial charge in [-0.2, -0.15) is 0 Å². The van der Waals surface area contributed by atoms with Crippen LogP contribution in [0.25, 0.3) is 5.69 Å². The Labute approximate surface area is 141 Å². The smallest absolute Gasteiger partial charge is 0.326 e. The van der Waals surface area contributed by atoms with Gasteiger partial charge >= 0.3 is 5.97 Å². The van der Waals surface area contributed by atoms with Crippen molar-refractivity contribution in [2.24, 2.45) is 0 Å². The fraction of sp³-hybridized carbons (Fsp3) is 0.333. The van der Waals surface area contributed by atoms with Crippen LogP contribution in [0.2, 0.25) is 0 Å². The number of carboxylic acid groups (broad SMARTS) is 1. The van der Waals surface area contributed by atoms with Crippen LogP contribution in [0.3, 0.4) is 0 Å². The highest BCUT2D eigenvalue weighted by Crippen LogP contribution is 2.20. The molecule has 0 radical (unpaired) electrons. The average Bonchev–Trinajstić information content (AvgIpc) is 3.11. The third-order valence-electron chi connectivity index (χ3n) is 4.07. The van der Waals surface area contributed by atoms with Crippen molar-refractivity contribution in [2.45, 2.75) is 25.3 Å². The van der Waals surface area contributed by atoms with E-state index >= 15 is 0 Å². The van der Waals surface area contributed by atoms with Crippen molar-refractivity contribution in [1.82, 2.24) is 19.9 Å². The van der Waals surface area contributed by atoms with Gasteiger partial charge in [0.15, 0.2) is 5.69 Å². The minimum Gasteiger partial charge on any atom is -0.480 e. The molecular formula is C15H15N5O5. The number of nitro groups is 1. The summed E-state index contributed by atoms with van der Waals surface area (Å²) in [6.07, 6.45) is 3.23. The van der Waals surface area contributed by atoms with Gasteiger partial charge in [-0.25, -0.2) is 9.48 Å². The molecule has 1 aliphatic heterocycles. The first kappa shape index (κ1) is 16.6. The van der Waals surface area contributed by atoms with Crippen LogP contribution in [0.5, 0.6) is 0 Å². The number of nitrogens with zero attached hydrogens (tertiary/aromatic N) is 5. The van der Waals surface area contributed by atoms with Gasteiger partial charge in [0.25, 0.3) is 11.6 Å². The molecule has 0 bridgehead atoms. The third-order valence-corrected chi connectivity index (χ3v) is 4.07. The van der Waals surface area contributed by atoms with E-state index in [1.807, 2.05) is 0 Å². The maximum absolute atomic E-state index is 12.6. The average molecular weight is 345 g/mol. The van der Waals surface area contributed by atoms with E-state index in [9.17, 15) is 24.8 Å². The van der Waals surface area contributed by atoms with Crippen molar-refractivity contribution in [3.63, 3.8) is 0 Å². The van der Waals surface area contributed by atoms with Crippen LogP contribution in [0.1, 0.15) is 29.8 Å². The number of non-ortho nitro benzene ring substituents is 1. The number of carboxylic acids is 1. The maximum atomic E-state index is 12.6. The molecule has 1 aromatic carbocycles. The van der Waals surface area contributed by atoms with Crippen molar-refractivity contribution >= 4 is 17.6 Å². The highest BCUT2D eigenvalue weighted by molar-refractivity contribution is 5.94. The number of nitro benzene ring substituents is 1. The molecule has 1 atom stereocenters. The quantitative estimate of drug-likeness (QED) is 0.651. The Morgan fingerprint density at radius 3 is 2.84 bits per heavy atom. The number of carbonyl (C=O) groups excluding carboxylic acids is 1. The first-order valence-corrected chi connectivity index (χ1v) is 7.68. The van der Waals surface area contributed by atoms with Crippen molar-refractivity contribution in [2.75, 3.05) is 6.54 Å². The minimum absolute atomic E-state index is 0.000318. The molecule has 0 unspecified atom stereocenters. The summed E-state index contributed by atoms with van der Waals surface area (Å²) in [4.78, 5) is 35.5. The van der Waals surface area contributed by atoms with Crippen LogP contribution in [-0.2, 0) is 4.79 Å². The van der Waals surface area contributed by atoms with Crippen LogP contribution in [-0.4, -0.2) is 54.4 Å². The summed E-state index contributed by atoms with van der Waals surface area (Å²) in [5.74, 6) is -1.55. The topological polar surface area (TPSA) is 131 Å². The predicted octanol–water partition coefficient (Wildman–Crippen LogP) is 1.25. The Morgan fingerprint density at radius 2 is 2.12 bits per heavy atom. The monoisotopic (exact) mass is 345 g/mol. The van der Waals surface area contributed by atoms with Gasteiger partial charge in [0, 0.05) is 18.7 Å². The number of rotatable bonds is 4. The number of piperidine rings is 1. The number of aromatic nitrogens is 3. The number of benzene rings is 1. The molecule has 1 saturated heterocycles. The number of hydrogen-bond donors (Lipinski definition) is 1. The van der Waals surface area contributed by atoms with E-state index < -0.39 is 22.8 Å². The molecular weight excluding hydrogens is 330 g/mol. The number of aliphatic carboxylic acids is 1. The molecule has 0 spiro atoms. The second-order valence-corrected chi connectivity index (χ2v) is 5.67. The summed E-state index contributed by atoms with van der Waals surface area (Å²) >= 11 is 0. The highest BCUT2D eigenvalue weighted by atomic mass is 16.6. The molecule has 1 fully saturated rings. The van der Waals surface area contributed by atoms with E-state index in [1.165, 1.54) is 34.0 Å². The zero-order valence-corrected chi connectivity index (χ0v) is 13.1. The number of amides is 1. The lowest BCUT2D eigenvalue weighted by molar-refractivity contribution is -0.384. The Bertz CT molecular complexity index is 833. The van der Waals surface area contributed by atoms with Gasteiger partial charge in [-0.05, 0) is 25.3 Å². The van der Waals surface area contributed by atoms with Crippen LogP contribution >= 0.6 is 0 Å². The van der Waals surface area contributed by atoms with Crippen LogP contribution in [0.15, 0.2) is 30.5 Å². The van der Waals surface area contributed by atoms with Crippen LogP contribution in [0.4, 0.5) is 5.69 Å². The fourth-order valence-corrected chi connectivity index (χ4v) is 2.82. The Balaban J connectivity index is 1.85. The Morgan fingerprint density at radius 1 is 1.32 bits per heavy atom. The normalized spacial score (nSPS) is 17.3. The van der Waals surface area contributed by atoms with E-state index in [2.05, 4.69) is 10.3 Å². The summed E-state index contributed by atoms with van der Waals surface area (Å²) < 4.78 is 1.25. The minimum atomic E-state index is -1.04. The van der Waals surface area contributed by atoms with E-state index in [1.54, 1.807) is 6.07 Å². The van der Waals surface area contributed by atoms with Crippen molar-refractivity contribution in [1.29, 1.82) is 0 Å². The zero-order chi connectivity index (χ0) is 18.0.